The highest BCUT2D eigenvalue weighted by atomic mass is 79.9. The van der Waals surface area contributed by atoms with Gasteiger partial charge in [0.05, 0.1) is 17.8 Å². The van der Waals surface area contributed by atoms with Crippen molar-refractivity contribution in [1.82, 2.24) is 19.8 Å². The van der Waals surface area contributed by atoms with Crippen molar-refractivity contribution < 1.29 is 4.74 Å². The number of aromatic nitrogens is 2. The summed E-state index contributed by atoms with van der Waals surface area (Å²) in [5, 5.41) is 4.31. The number of aryl methyl sites for hydroxylation is 1. The molecule has 3 heterocycles. The monoisotopic (exact) mass is 498 g/mol. The van der Waals surface area contributed by atoms with Crippen LogP contribution in [-0.4, -0.2) is 39.8 Å². The van der Waals surface area contributed by atoms with Crippen LogP contribution < -0.4 is 5.32 Å². The van der Waals surface area contributed by atoms with Gasteiger partial charge in [-0.15, -0.1) is 0 Å². The van der Waals surface area contributed by atoms with Gasteiger partial charge in [-0.1, -0.05) is 28.1 Å². The van der Waals surface area contributed by atoms with Gasteiger partial charge in [-0.3, -0.25) is 4.98 Å². The number of rotatable bonds is 7. The van der Waals surface area contributed by atoms with Crippen LogP contribution in [0.3, 0.4) is 0 Å². The molecular formula is C24H27BrN4OS. The van der Waals surface area contributed by atoms with Gasteiger partial charge in [0.25, 0.3) is 0 Å². The quantitative estimate of drug-likeness (QED) is 0.355. The number of pyridine rings is 1. The van der Waals surface area contributed by atoms with E-state index in [1.807, 2.05) is 24.4 Å². The zero-order chi connectivity index (χ0) is 22.0. The van der Waals surface area contributed by atoms with E-state index >= 15 is 0 Å². The highest BCUT2D eigenvalue weighted by molar-refractivity contribution is 9.10. The van der Waals surface area contributed by atoms with E-state index < -0.39 is 0 Å². The van der Waals surface area contributed by atoms with Crippen LogP contribution in [-0.2, 0) is 4.74 Å². The molecule has 1 aliphatic rings. The first-order valence-electron chi connectivity index (χ1n) is 10.4. The van der Waals surface area contributed by atoms with Gasteiger partial charge >= 0.3 is 0 Å². The van der Waals surface area contributed by atoms with Crippen molar-refractivity contribution in [1.29, 1.82) is 0 Å². The molecule has 1 aliphatic heterocycles. The van der Waals surface area contributed by atoms with Crippen LogP contribution in [0.4, 0.5) is 0 Å². The highest BCUT2D eigenvalue weighted by Crippen LogP contribution is 2.41. The van der Waals surface area contributed by atoms with Crippen LogP contribution in [0, 0.1) is 13.8 Å². The van der Waals surface area contributed by atoms with E-state index in [0.717, 1.165) is 33.9 Å². The Kier molecular flexibility index (Phi) is 6.74. The summed E-state index contributed by atoms with van der Waals surface area (Å²) >= 11 is 9.38. The van der Waals surface area contributed by atoms with Gasteiger partial charge in [0.15, 0.2) is 5.11 Å². The van der Waals surface area contributed by atoms with Gasteiger partial charge in [0.2, 0.25) is 0 Å². The van der Waals surface area contributed by atoms with Crippen molar-refractivity contribution in [2.75, 3.05) is 20.3 Å². The molecule has 4 rings (SSSR count). The lowest BCUT2D eigenvalue weighted by molar-refractivity contribution is 0.180. The smallest absolute Gasteiger partial charge is 0.170 e. The predicted octanol–water partition coefficient (Wildman–Crippen LogP) is 5.26. The van der Waals surface area contributed by atoms with Gasteiger partial charge in [0, 0.05) is 48.0 Å². The van der Waals surface area contributed by atoms with Crippen LogP contribution in [0.25, 0.3) is 5.69 Å². The number of ether oxygens (including phenoxy) is 1. The van der Waals surface area contributed by atoms with E-state index in [9.17, 15) is 0 Å². The summed E-state index contributed by atoms with van der Waals surface area (Å²) < 4.78 is 8.67. The predicted molar refractivity (Wildman–Crippen MR) is 132 cm³/mol. The Bertz CT molecular complexity index is 1070. The van der Waals surface area contributed by atoms with E-state index in [0.29, 0.717) is 6.61 Å². The van der Waals surface area contributed by atoms with Gasteiger partial charge in [-0.2, -0.15) is 0 Å². The molecule has 0 saturated carbocycles. The van der Waals surface area contributed by atoms with E-state index in [1.165, 1.54) is 17.0 Å². The fraction of sp³-hybridized carbons (Fsp3) is 0.333. The van der Waals surface area contributed by atoms with Crippen LogP contribution >= 0.6 is 28.1 Å². The number of thiocarbonyl (C=S) groups is 1. The van der Waals surface area contributed by atoms with Crippen molar-refractivity contribution >= 4 is 33.3 Å². The average molecular weight is 499 g/mol. The second-order valence-corrected chi connectivity index (χ2v) is 9.11. The first-order chi connectivity index (χ1) is 15.0. The van der Waals surface area contributed by atoms with E-state index in [-0.39, 0.29) is 12.1 Å². The molecule has 2 atom stereocenters. The number of benzene rings is 1. The molecule has 5 nitrogen and oxygen atoms in total. The molecule has 0 spiro atoms. The van der Waals surface area contributed by atoms with Gasteiger partial charge in [-0.05, 0) is 74.4 Å². The Labute approximate surface area is 197 Å². The van der Waals surface area contributed by atoms with E-state index in [4.69, 9.17) is 17.0 Å². The Hall–Kier alpha value is -2.22. The Morgan fingerprint density at radius 3 is 2.71 bits per heavy atom. The van der Waals surface area contributed by atoms with Gasteiger partial charge in [-0.25, -0.2) is 0 Å². The zero-order valence-electron chi connectivity index (χ0n) is 18.0. The summed E-state index contributed by atoms with van der Waals surface area (Å²) in [5.41, 5.74) is 5.81. The minimum atomic E-state index is -0.00676. The standard InChI is InChI=1S/C24H27BrN4OS/c1-16-14-20(17(2)29(16)19-9-6-8-18(25)15-19)23-22(21-10-4-5-11-26-21)27-24(31)28(23)12-7-13-30-3/h4-6,8-11,14-15,22-23H,7,12-13H2,1-3H3,(H,27,31)/t22-,23+/m1/s1. The first-order valence-corrected chi connectivity index (χ1v) is 11.6. The highest BCUT2D eigenvalue weighted by Gasteiger charge is 2.41. The molecule has 7 heteroatoms. The topological polar surface area (TPSA) is 42.3 Å². The number of halogens is 1. The molecule has 31 heavy (non-hydrogen) atoms. The lowest BCUT2D eigenvalue weighted by Crippen LogP contribution is -2.31. The molecule has 3 aromatic rings. The summed E-state index contributed by atoms with van der Waals surface area (Å²) in [6, 6.07) is 16.8. The van der Waals surface area contributed by atoms with E-state index in [2.05, 4.69) is 79.9 Å². The summed E-state index contributed by atoms with van der Waals surface area (Å²) in [5.74, 6) is 0. The maximum absolute atomic E-state index is 5.77. The van der Waals surface area contributed by atoms with Crippen LogP contribution in [0.1, 0.15) is 41.1 Å². The fourth-order valence-electron chi connectivity index (χ4n) is 4.46. The Balaban J connectivity index is 1.79. The number of methoxy groups -OCH3 is 1. The molecule has 0 unspecified atom stereocenters. The number of nitrogens with one attached hydrogen (secondary N) is 1. The molecule has 0 radical (unpaired) electrons. The molecule has 2 aromatic heterocycles. The third-order valence-electron chi connectivity index (χ3n) is 5.80. The molecule has 162 valence electrons. The molecule has 0 aliphatic carbocycles. The largest absolute Gasteiger partial charge is 0.385 e. The summed E-state index contributed by atoms with van der Waals surface area (Å²) in [6.07, 6.45) is 2.75. The second-order valence-electron chi connectivity index (χ2n) is 7.81. The van der Waals surface area contributed by atoms with Crippen molar-refractivity contribution in [3.8, 4) is 5.69 Å². The lowest BCUT2D eigenvalue weighted by Gasteiger charge is -2.28. The molecule has 1 aromatic carbocycles. The molecule has 1 fully saturated rings. The van der Waals surface area contributed by atoms with Crippen molar-refractivity contribution in [2.45, 2.75) is 32.4 Å². The maximum atomic E-state index is 5.77. The third kappa shape index (κ3) is 4.40. The SMILES string of the molecule is COCCCN1C(=S)N[C@H](c2ccccn2)[C@@H]1c1cc(C)n(-c2cccc(Br)c2)c1C. The van der Waals surface area contributed by atoms with Gasteiger partial charge in [0.1, 0.15) is 0 Å². The van der Waals surface area contributed by atoms with Gasteiger partial charge < -0.3 is 19.5 Å². The number of hydrogen-bond acceptors (Lipinski definition) is 3. The minimum absolute atomic E-state index is 0.00676. The summed E-state index contributed by atoms with van der Waals surface area (Å²) in [6.45, 7) is 5.88. The van der Waals surface area contributed by atoms with Crippen LogP contribution in [0.2, 0.25) is 0 Å². The molecule has 1 saturated heterocycles. The first kappa shape index (κ1) is 22.0. The van der Waals surface area contributed by atoms with Crippen molar-refractivity contribution in [2.24, 2.45) is 0 Å². The van der Waals surface area contributed by atoms with Crippen molar-refractivity contribution in [3.05, 3.63) is 81.8 Å². The van der Waals surface area contributed by atoms with Crippen LogP contribution in [0.15, 0.2) is 59.2 Å². The Morgan fingerprint density at radius 1 is 1.16 bits per heavy atom. The fourth-order valence-corrected chi connectivity index (χ4v) is 5.18. The lowest BCUT2D eigenvalue weighted by atomic mass is 9.96. The van der Waals surface area contributed by atoms with Crippen LogP contribution in [0.5, 0.6) is 0 Å². The normalized spacial score (nSPS) is 18.5. The molecule has 0 amide bonds. The second kappa shape index (κ2) is 9.51. The van der Waals surface area contributed by atoms with E-state index in [1.54, 1.807) is 7.11 Å². The maximum Gasteiger partial charge on any atom is 0.170 e. The third-order valence-corrected chi connectivity index (χ3v) is 6.65. The molecule has 0 bridgehead atoms. The number of hydrogen-bond donors (Lipinski definition) is 1. The number of nitrogens with zero attached hydrogens (tertiary/aromatic N) is 3. The summed E-state index contributed by atoms with van der Waals surface area (Å²) in [7, 11) is 1.74. The summed E-state index contributed by atoms with van der Waals surface area (Å²) in [4.78, 5) is 6.94. The van der Waals surface area contributed by atoms with Crippen molar-refractivity contribution in [3.63, 3.8) is 0 Å². The molecular weight excluding hydrogens is 472 g/mol. The molecule has 1 N–H and O–H groups in total. The minimum Gasteiger partial charge on any atom is -0.385 e. The zero-order valence-corrected chi connectivity index (χ0v) is 20.4. The Morgan fingerprint density at radius 2 is 2.00 bits per heavy atom. The average Bonchev–Trinajstić information content (AvgIpc) is 3.24.